The Hall–Kier alpha value is -0.340. The molecule has 1 N–H and O–H groups in total. The Bertz CT molecular complexity index is 396. The Morgan fingerprint density at radius 2 is 2.20 bits per heavy atom. The maximum absolute atomic E-state index is 3.57. The summed E-state index contributed by atoms with van der Waals surface area (Å²) in [6.07, 6.45) is 5.48. The standard InChI is InChI=1S/C13H16BrN/c1-15-12-11-7-10(14)4-3-9(11)8-13(12)5-2-6-13/h3-4,7,12,15H,2,5-6,8H2,1H3. The van der Waals surface area contributed by atoms with Crippen molar-refractivity contribution in [2.24, 2.45) is 5.41 Å². The molecule has 3 rings (SSSR count). The van der Waals surface area contributed by atoms with Gasteiger partial charge in [0.15, 0.2) is 0 Å². The lowest BCUT2D eigenvalue weighted by atomic mass is 9.64. The zero-order chi connectivity index (χ0) is 10.5. The van der Waals surface area contributed by atoms with Crippen molar-refractivity contribution < 1.29 is 0 Å². The Kier molecular flexibility index (Phi) is 2.18. The minimum Gasteiger partial charge on any atom is -0.313 e. The Labute approximate surface area is 99.4 Å². The molecular weight excluding hydrogens is 250 g/mol. The van der Waals surface area contributed by atoms with Crippen LogP contribution in [0.3, 0.4) is 0 Å². The van der Waals surface area contributed by atoms with Crippen LogP contribution in [0.15, 0.2) is 22.7 Å². The van der Waals surface area contributed by atoms with Crippen LogP contribution in [0.4, 0.5) is 0 Å². The maximum Gasteiger partial charge on any atom is 0.0381 e. The van der Waals surface area contributed by atoms with Crippen molar-refractivity contribution in [3.8, 4) is 0 Å². The summed E-state index contributed by atoms with van der Waals surface area (Å²) in [5.74, 6) is 0. The Morgan fingerprint density at radius 1 is 1.40 bits per heavy atom. The van der Waals surface area contributed by atoms with E-state index in [0.29, 0.717) is 11.5 Å². The van der Waals surface area contributed by atoms with Gasteiger partial charge in [0, 0.05) is 10.5 Å². The van der Waals surface area contributed by atoms with Gasteiger partial charge in [-0.2, -0.15) is 0 Å². The quantitative estimate of drug-likeness (QED) is 0.821. The highest BCUT2D eigenvalue weighted by Crippen LogP contribution is 2.57. The van der Waals surface area contributed by atoms with E-state index in [1.54, 1.807) is 5.56 Å². The van der Waals surface area contributed by atoms with Crippen LogP contribution in [0.5, 0.6) is 0 Å². The SMILES string of the molecule is CNC1c2cc(Br)ccc2CC12CCC2. The molecule has 1 spiro atoms. The van der Waals surface area contributed by atoms with E-state index in [1.807, 2.05) is 0 Å². The molecule has 0 heterocycles. The molecule has 1 aromatic rings. The van der Waals surface area contributed by atoms with E-state index >= 15 is 0 Å². The molecule has 0 aliphatic heterocycles. The summed E-state index contributed by atoms with van der Waals surface area (Å²) in [4.78, 5) is 0. The van der Waals surface area contributed by atoms with Gasteiger partial charge in [-0.1, -0.05) is 28.4 Å². The molecule has 80 valence electrons. The van der Waals surface area contributed by atoms with E-state index in [1.165, 1.54) is 35.7 Å². The smallest absolute Gasteiger partial charge is 0.0381 e. The van der Waals surface area contributed by atoms with Gasteiger partial charge in [0.2, 0.25) is 0 Å². The maximum atomic E-state index is 3.57. The second kappa shape index (κ2) is 3.33. The van der Waals surface area contributed by atoms with Crippen molar-refractivity contribution in [1.82, 2.24) is 5.32 Å². The molecule has 0 radical (unpaired) electrons. The summed E-state index contributed by atoms with van der Waals surface area (Å²) in [5.41, 5.74) is 3.63. The molecule has 2 aliphatic carbocycles. The van der Waals surface area contributed by atoms with E-state index in [4.69, 9.17) is 0 Å². The molecular formula is C13H16BrN. The van der Waals surface area contributed by atoms with Crippen molar-refractivity contribution >= 4 is 15.9 Å². The molecule has 2 aliphatic rings. The average Bonchev–Trinajstić information content (AvgIpc) is 2.50. The normalized spacial score (nSPS) is 26.4. The second-order valence-electron chi connectivity index (χ2n) is 4.96. The summed E-state index contributed by atoms with van der Waals surface area (Å²) in [6, 6.07) is 7.34. The van der Waals surface area contributed by atoms with E-state index in [-0.39, 0.29) is 0 Å². The van der Waals surface area contributed by atoms with Crippen molar-refractivity contribution in [3.63, 3.8) is 0 Å². The van der Waals surface area contributed by atoms with Crippen molar-refractivity contribution in [2.75, 3.05) is 7.05 Å². The number of halogens is 1. The number of hydrogen-bond acceptors (Lipinski definition) is 1. The molecule has 1 saturated carbocycles. The molecule has 1 nitrogen and oxygen atoms in total. The monoisotopic (exact) mass is 265 g/mol. The van der Waals surface area contributed by atoms with Gasteiger partial charge in [0.05, 0.1) is 0 Å². The lowest BCUT2D eigenvalue weighted by molar-refractivity contribution is 0.0950. The lowest BCUT2D eigenvalue weighted by Crippen LogP contribution is -2.39. The predicted octanol–water partition coefficient (Wildman–Crippen LogP) is 3.44. The summed E-state index contributed by atoms with van der Waals surface area (Å²) < 4.78 is 1.21. The van der Waals surface area contributed by atoms with Gasteiger partial charge in [0.25, 0.3) is 0 Å². The predicted molar refractivity (Wildman–Crippen MR) is 65.9 cm³/mol. The third kappa shape index (κ3) is 1.31. The first-order valence-corrected chi connectivity index (χ1v) is 6.50. The minimum atomic E-state index is 0.553. The van der Waals surface area contributed by atoms with Crippen molar-refractivity contribution in [1.29, 1.82) is 0 Å². The molecule has 0 amide bonds. The van der Waals surface area contributed by atoms with Crippen LogP contribution >= 0.6 is 15.9 Å². The molecule has 1 atom stereocenters. The van der Waals surface area contributed by atoms with Crippen LogP contribution in [0.1, 0.15) is 36.4 Å². The van der Waals surface area contributed by atoms with Crippen molar-refractivity contribution in [2.45, 2.75) is 31.7 Å². The zero-order valence-corrected chi connectivity index (χ0v) is 10.6. The fourth-order valence-corrected chi connectivity index (χ4v) is 3.74. The van der Waals surface area contributed by atoms with Gasteiger partial charge in [-0.25, -0.2) is 0 Å². The highest BCUT2D eigenvalue weighted by atomic mass is 79.9. The van der Waals surface area contributed by atoms with E-state index in [2.05, 4.69) is 46.5 Å². The molecule has 2 heteroatoms. The van der Waals surface area contributed by atoms with E-state index in [0.717, 1.165) is 0 Å². The lowest BCUT2D eigenvalue weighted by Gasteiger charge is -2.43. The topological polar surface area (TPSA) is 12.0 Å². The highest BCUT2D eigenvalue weighted by molar-refractivity contribution is 9.10. The molecule has 1 fully saturated rings. The molecule has 0 bridgehead atoms. The molecule has 15 heavy (non-hydrogen) atoms. The number of hydrogen-bond donors (Lipinski definition) is 1. The van der Waals surface area contributed by atoms with Gasteiger partial charge in [-0.15, -0.1) is 0 Å². The summed E-state index contributed by atoms with van der Waals surface area (Å²) in [7, 11) is 2.10. The first-order chi connectivity index (χ1) is 7.25. The van der Waals surface area contributed by atoms with Gasteiger partial charge in [-0.05, 0) is 55.0 Å². The zero-order valence-electron chi connectivity index (χ0n) is 9.02. The molecule has 0 saturated heterocycles. The van der Waals surface area contributed by atoms with Crippen LogP contribution in [-0.2, 0) is 6.42 Å². The third-order valence-corrected chi connectivity index (χ3v) is 4.71. The fourth-order valence-electron chi connectivity index (χ4n) is 3.36. The third-order valence-electron chi connectivity index (χ3n) is 4.21. The number of nitrogens with one attached hydrogen (secondary N) is 1. The second-order valence-corrected chi connectivity index (χ2v) is 5.87. The first kappa shape index (κ1) is 9.86. The Balaban J connectivity index is 2.06. The van der Waals surface area contributed by atoms with Gasteiger partial charge >= 0.3 is 0 Å². The van der Waals surface area contributed by atoms with Gasteiger partial charge in [-0.3, -0.25) is 0 Å². The molecule has 1 unspecified atom stereocenters. The van der Waals surface area contributed by atoms with Gasteiger partial charge < -0.3 is 5.32 Å². The van der Waals surface area contributed by atoms with Gasteiger partial charge in [0.1, 0.15) is 0 Å². The molecule has 1 aromatic carbocycles. The van der Waals surface area contributed by atoms with Crippen LogP contribution in [0.2, 0.25) is 0 Å². The van der Waals surface area contributed by atoms with Crippen LogP contribution in [-0.4, -0.2) is 7.05 Å². The molecule has 0 aromatic heterocycles. The largest absolute Gasteiger partial charge is 0.313 e. The summed E-state index contributed by atoms with van der Waals surface area (Å²) in [5, 5.41) is 3.52. The fraction of sp³-hybridized carbons (Fsp3) is 0.538. The van der Waals surface area contributed by atoms with E-state index < -0.39 is 0 Å². The average molecular weight is 266 g/mol. The first-order valence-electron chi connectivity index (χ1n) is 5.71. The van der Waals surface area contributed by atoms with Crippen LogP contribution in [0, 0.1) is 5.41 Å². The number of rotatable bonds is 1. The van der Waals surface area contributed by atoms with E-state index in [9.17, 15) is 0 Å². The Morgan fingerprint density at radius 3 is 2.80 bits per heavy atom. The van der Waals surface area contributed by atoms with Crippen molar-refractivity contribution in [3.05, 3.63) is 33.8 Å². The highest BCUT2D eigenvalue weighted by Gasteiger charge is 2.49. The number of fused-ring (bicyclic) bond motifs is 1. The van der Waals surface area contributed by atoms with Crippen LogP contribution < -0.4 is 5.32 Å². The summed E-state index contributed by atoms with van der Waals surface area (Å²) >= 11 is 3.57. The number of benzene rings is 1. The minimum absolute atomic E-state index is 0.553. The van der Waals surface area contributed by atoms with Crippen LogP contribution in [0.25, 0.3) is 0 Å². The summed E-state index contributed by atoms with van der Waals surface area (Å²) in [6.45, 7) is 0.